The maximum atomic E-state index is 12.7. The molecule has 1 aliphatic heterocycles. The van der Waals surface area contributed by atoms with Crippen molar-refractivity contribution in [3.05, 3.63) is 23.8 Å². The fourth-order valence-corrected chi connectivity index (χ4v) is 1.30. The van der Waals surface area contributed by atoms with Gasteiger partial charge in [-0.15, -0.1) is 8.78 Å². The minimum absolute atomic E-state index is 0.108. The van der Waals surface area contributed by atoms with Gasteiger partial charge >= 0.3 is 6.29 Å². The van der Waals surface area contributed by atoms with Crippen molar-refractivity contribution in [1.29, 1.82) is 5.26 Å². The summed E-state index contributed by atoms with van der Waals surface area (Å²) < 4.78 is 33.9. The number of alkyl halides is 2. The van der Waals surface area contributed by atoms with Crippen LogP contribution in [0.4, 0.5) is 8.78 Å². The van der Waals surface area contributed by atoms with Crippen molar-refractivity contribution in [3.8, 4) is 17.6 Å². The molecule has 0 saturated carbocycles. The highest BCUT2D eigenvalue weighted by molar-refractivity contribution is 5.51. The maximum absolute atomic E-state index is 12.7. The SMILES string of the molecule is N#CC(N)c1cccc2c1OC(F)(F)O2. The second-order valence-electron chi connectivity index (χ2n) is 2.95. The molecule has 1 aromatic carbocycles. The molecule has 6 heteroatoms. The second kappa shape index (κ2) is 3.07. The highest BCUT2D eigenvalue weighted by atomic mass is 19.3. The van der Waals surface area contributed by atoms with Gasteiger partial charge in [0.25, 0.3) is 0 Å². The third-order valence-corrected chi connectivity index (χ3v) is 1.93. The Labute approximate surface area is 83.8 Å². The van der Waals surface area contributed by atoms with E-state index in [4.69, 9.17) is 11.0 Å². The molecule has 15 heavy (non-hydrogen) atoms. The predicted octanol–water partition coefficient (Wildman–Crippen LogP) is 1.53. The number of nitrogens with zero attached hydrogens (tertiary/aromatic N) is 1. The van der Waals surface area contributed by atoms with Crippen molar-refractivity contribution < 1.29 is 18.3 Å². The summed E-state index contributed by atoms with van der Waals surface area (Å²) in [6, 6.07) is 4.95. The van der Waals surface area contributed by atoms with Crippen molar-refractivity contribution in [2.75, 3.05) is 0 Å². The minimum Gasteiger partial charge on any atom is -0.395 e. The highest BCUT2D eigenvalue weighted by Crippen LogP contribution is 2.44. The number of fused-ring (bicyclic) bond motifs is 1. The van der Waals surface area contributed by atoms with Gasteiger partial charge < -0.3 is 15.2 Å². The van der Waals surface area contributed by atoms with Crippen molar-refractivity contribution in [2.45, 2.75) is 12.3 Å². The van der Waals surface area contributed by atoms with Gasteiger partial charge in [-0.2, -0.15) is 5.26 Å². The second-order valence-corrected chi connectivity index (χ2v) is 2.95. The van der Waals surface area contributed by atoms with Crippen LogP contribution >= 0.6 is 0 Å². The normalized spacial score (nSPS) is 18.3. The number of ether oxygens (including phenoxy) is 2. The summed E-state index contributed by atoms with van der Waals surface area (Å²) in [5.41, 5.74) is 5.60. The molecule has 0 aromatic heterocycles. The van der Waals surface area contributed by atoms with Crippen LogP contribution in [0.25, 0.3) is 0 Å². The summed E-state index contributed by atoms with van der Waals surface area (Å²) in [5.74, 6) is -0.278. The molecule has 2 N–H and O–H groups in total. The first-order valence-electron chi connectivity index (χ1n) is 4.07. The monoisotopic (exact) mass is 212 g/mol. The Hall–Kier alpha value is -1.87. The molecule has 1 atom stereocenters. The molecule has 0 saturated heterocycles. The molecule has 0 aliphatic carbocycles. The van der Waals surface area contributed by atoms with Crippen LogP contribution in [-0.2, 0) is 0 Å². The number of hydrogen-bond donors (Lipinski definition) is 1. The molecule has 0 spiro atoms. The zero-order valence-corrected chi connectivity index (χ0v) is 7.41. The molecule has 1 unspecified atom stereocenters. The standard InChI is InChI=1S/C9H6F2N2O2/c10-9(11)14-7-3-1-2-5(6(13)4-12)8(7)15-9/h1-3,6H,13H2. The van der Waals surface area contributed by atoms with Gasteiger partial charge in [-0.1, -0.05) is 12.1 Å². The first kappa shape index (κ1) is 9.68. The quantitative estimate of drug-likeness (QED) is 0.766. The van der Waals surface area contributed by atoms with E-state index in [-0.39, 0.29) is 17.1 Å². The summed E-state index contributed by atoms with van der Waals surface area (Å²) in [6.45, 7) is 0. The topological polar surface area (TPSA) is 68.3 Å². The number of benzene rings is 1. The highest BCUT2D eigenvalue weighted by Gasteiger charge is 2.44. The minimum atomic E-state index is -3.69. The van der Waals surface area contributed by atoms with E-state index >= 15 is 0 Å². The first-order chi connectivity index (χ1) is 7.03. The fraction of sp³-hybridized carbons (Fsp3) is 0.222. The Morgan fingerprint density at radius 3 is 2.80 bits per heavy atom. The molecule has 0 amide bonds. The van der Waals surface area contributed by atoms with Gasteiger partial charge in [0.1, 0.15) is 6.04 Å². The van der Waals surface area contributed by atoms with Crippen molar-refractivity contribution in [1.82, 2.24) is 0 Å². The summed E-state index contributed by atoms with van der Waals surface area (Å²) in [5, 5.41) is 8.59. The molecule has 0 fully saturated rings. The van der Waals surface area contributed by atoms with Crippen LogP contribution in [0.2, 0.25) is 0 Å². The summed E-state index contributed by atoms with van der Waals surface area (Å²) in [6.07, 6.45) is -3.69. The van der Waals surface area contributed by atoms with E-state index in [1.54, 1.807) is 6.07 Å². The largest absolute Gasteiger partial charge is 0.586 e. The Balaban J connectivity index is 2.47. The summed E-state index contributed by atoms with van der Waals surface area (Å²) in [4.78, 5) is 0. The van der Waals surface area contributed by atoms with E-state index in [1.807, 2.05) is 0 Å². The molecule has 78 valence electrons. The Morgan fingerprint density at radius 1 is 1.40 bits per heavy atom. The van der Waals surface area contributed by atoms with Crippen molar-refractivity contribution in [2.24, 2.45) is 5.73 Å². The number of nitriles is 1. The lowest BCUT2D eigenvalue weighted by molar-refractivity contribution is -0.286. The predicted molar refractivity (Wildman–Crippen MR) is 45.2 cm³/mol. The lowest BCUT2D eigenvalue weighted by Gasteiger charge is -2.07. The lowest BCUT2D eigenvalue weighted by Crippen LogP contribution is -2.26. The van der Waals surface area contributed by atoms with Crippen LogP contribution in [0.15, 0.2) is 18.2 Å². The van der Waals surface area contributed by atoms with E-state index in [0.29, 0.717) is 0 Å². The van der Waals surface area contributed by atoms with Gasteiger partial charge in [0, 0.05) is 5.56 Å². The molecule has 1 heterocycles. The van der Waals surface area contributed by atoms with Crippen LogP contribution in [0.1, 0.15) is 11.6 Å². The molecule has 0 bridgehead atoms. The number of halogens is 2. The molecular weight excluding hydrogens is 206 g/mol. The third kappa shape index (κ3) is 1.57. The van der Waals surface area contributed by atoms with E-state index in [9.17, 15) is 8.78 Å². The zero-order valence-electron chi connectivity index (χ0n) is 7.41. The van der Waals surface area contributed by atoms with Gasteiger partial charge in [-0.25, -0.2) is 0 Å². The van der Waals surface area contributed by atoms with Crippen molar-refractivity contribution >= 4 is 0 Å². The van der Waals surface area contributed by atoms with E-state index in [1.165, 1.54) is 18.2 Å². The Kier molecular flexibility index (Phi) is 1.98. The summed E-state index contributed by atoms with van der Waals surface area (Å²) in [7, 11) is 0. The van der Waals surface area contributed by atoms with Gasteiger partial charge in [0.15, 0.2) is 11.5 Å². The van der Waals surface area contributed by atoms with Gasteiger partial charge in [0.05, 0.1) is 6.07 Å². The number of hydrogen-bond acceptors (Lipinski definition) is 4. The average Bonchev–Trinajstić information content (AvgIpc) is 2.49. The third-order valence-electron chi connectivity index (χ3n) is 1.93. The Morgan fingerprint density at radius 2 is 2.13 bits per heavy atom. The smallest absolute Gasteiger partial charge is 0.395 e. The molecule has 1 aliphatic rings. The van der Waals surface area contributed by atoms with Crippen LogP contribution in [-0.4, -0.2) is 6.29 Å². The zero-order chi connectivity index (χ0) is 11.1. The molecule has 4 nitrogen and oxygen atoms in total. The fourth-order valence-electron chi connectivity index (χ4n) is 1.30. The van der Waals surface area contributed by atoms with Gasteiger partial charge in [-0.3, -0.25) is 0 Å². The first-order valence-corrected chi connectivity index (χ1v) is 4.07. The van der Waals surface area contributed by atoms with Crippen molar-refractivity contribution in [3.63, 3.8) is 0 Å². The molecule has 0 radical (unpaired) electrons. The van der Waals surface area contributed by atoms with Crippen LogP contribution in [0.5, 0.6) is 11.5 Å². The number of para-hydroxylation sites is 1. The van der Waals surface area contributed by atoms with Crippen LogP contribution in [0.3, 0.4) is 0 Å². The van der Waals surface area contributed by atoms with Gasteiger partial charge in [0.2, 0.25) is 0 Å². The van der Waals surface area contributed by atoms with Gasteiger partial charge in [-0.05, 0) is 6.07 Å². The molecule has 2 rings (SSSR count). The maximum Gasteiger partial charge on any atom is 0.586 e. The average molecular weight is 212 g/mol. The lowest BCUT2D eigenvalue weighted by atomic mass is 10.1. The van der Waals surface area contributed by atoms with E-state index in [2.05, 4.69) is 9.47 Å². The molecule has 1 aromatic rings. The Bertz CT molecular complexity index is 442. The summed E-state index contributed by atoms with van der Waals surface area (Å²) >= 11 is 0. The van der Waals surface area contributed by atoms with E-state index in [0.717, 1.165) is 0 Å². The number of nitrogens with two attached hydrogens (primary N) is 1. The van der Waals surface area contributed by atoms with E-state index < -0.39 is 12.3 Å². The number of rotatable bonds is 1. The van der Waals surface area contributed by atoms with Crippen LogP contribution in [0, 0.1) is 11.3 Å². The van der Waals surface area contributed by atoms with Crippen LogP contribution < -0.4 is 15.2 Å². The molecular formula is C9H6F2N2O2.